The Labute approximate surface area is 596 Å². The van der Waals surface area contributed by atoms with Gasteiger partial charge in [0, 0.05) is 48.2 Å². The van der Waals surface area contributed by atoms with Gasteiger partial charge in [-0.3, -0.25) is 19.2 Å². The highest BCUT2D eigenvalue weighted by Crippen LogP contribution is 2.41. The van der Waals surface area contributed by atoms with Crippen molar-refractivity contribution < 1.29 is 197 Å². The largest absolute Gasteiger partial charge is 0.481 e. The Morgan fingerprint density at radius 3 is 1.06 bits per heavy atom. The number of carbonyl (C=O) groups excluding carboxylic acids is 2. The minimum absolute atomic E-state index is 0.0707. The van der Waals surface area contributed by atoms with Crippen molar-refractivity contribution in [3.8, 4) is 0 Å². The van der Waals surface area contributed by atoms with E-state index in [0.29, 0.717) is 0 Å². The molecule has 0 spiro atoms. The summed E-state index contributed by atoms with van der Waals surface area (Å²) < 4.78 is 88.1. The number of aliphatic hydroxyl groups is 19. The number of thioether (sulfide) groups is 2. The van der Waals surface area contributed by atoms with Gasteiger partial charge in [0.15, 0.2) is 37.7 Å². The Morgan fingerprint density at radius 1 is 0.388 bits per heavy atom. The summed E-state index contributed by atoms with van der Waals surface area (Å²) in [4.78, 5) is 48.7. The molecule has 0 aromatic heterocycles. The molecule has 0 amide bonds. The minimum Gasteiger partial charge on any atom is -0.481 e. The zero-order valence-electron chi connectivity index (χ0n) is 55.8. The molecule has 21 saturated heterocycles. The predicted octanol–water partition coefficient (Wildman–Crippen LogP) is -12.4. The minimum atomic E-state index is -2.29. The number of carboxylic acids is 2. The maximum absolute atomic E-state index is 13.0. The molecule has 0 aromatic rings. The third-order valence-corrected chi connectivity index (χ3v) is 21.5. The highest BCUT2D eigenvalue weighted by Gasteiger charge is 2.60. The fourth-order valence-corrected chi connectivity index (χ4v) is 15.5. The van der Waals surface area contributed by atoms with Crippen LogP contribution < -0.4 is 5.32 Å². The number of carboxylic acid groups (broad SMARTS) is 2. The first-order valence-electron chi connectivity index (χ1n) is 33.6. The van der Waals surface area contributed by atoms with Crippen LogP contribution in [0.3, 0.4) is 0 Å². The molecule has 22 N–H and O–H groups in total. The molecule has 21 aliphatic rings. The van der Waals surface area contributed by atoms with Gasteiger partial charge in [0.25, 0.3) is 0 Å². The summed E-state index contributed by atoms with van der Waals surface area (Å²) in [7, 11) is 1.35. The van der Waals surface area contributed by atoms with Crippen molar-refractivity contribution in [1.29, 1.82) is 0 Å². The van der Waals surface area contributed by atoms with E-state index in [9.17, 15) is 126 Å². The maximum Gasteiger partial charge on any atom is 0.321 e. The van der Waals surface area contributed by atoms with Gasteiger partial charge in [-0.05, 0) is 20.4 Å². The summed E-state index contributed by atoms with van der Waals surface area (Å²) in [5.41, 5.74) is 0. The highest BCUT2D eigenvalue weighted by atomic mass is 32.2. The molecule has 0 aromatic carbocycles. The van der Waals surface area contributed by atoms with Crippen LogP contribution in [0.4, 0.5) is 0 Å². The van der Waals surface area contributed by atoms with Crippen LogP contribution in [0.2, 0.25) is 0 Å². The molecule has 37 atom stereocenters. The zero-order chi connectivity index (χ0) is 75.4. The molecule has 41 nitrogen and oxygen atoms in total. The van der Waals surface area contributed by atoms with Crippen LogP contribution in [0, 0.1) is 11.8 Å². The first-order chi connectivity index (χ1) is 49.0. The monoisotopic (exact) mass is 1540 g/mol. The molecule has 43 heteroatoms. The van der Waals surface area contributed by atoms with Gasteiger partial charge in [-0.2, -0.15) is 23.5 Å². The zero-order valence-corrected chi connectivity index (χ0v) is 57.5. The predicted molar refractivity (Wildman–Crippen MR) is 335 cm³/mol. The molecule has 21 rings (SSSR count). The summed E-state index contributed by atoms with van der Waals surface area (Å²) >= 11 is 1.69. The second-order valence-electron chi connectivity index (χ2n) is 26.2. The lowest BCUT2D eigenvalue weighted by molar-refractivity contribution is -0.394. The van der Waals surface area contributed by atoms with Gasteiger partial charge in [0.1, 0.15) is 158 Å². The number of rotatable bonds is 27. The van der Waals surface area contributed by atoms with E-state index in [0.717, 1.165) is 23.5 Å². The summed E-state index contributed by atoms with van der Waals surface area (Å²) in [5.74, 6) is -7.45. The average molecular weight is 1540 g/mol. The van der Waals surface area contributed by atoms with E-state index in [1.54, 1.807) is 0 Å². The smallest absolute Gasteiger partial charge is 0.321 e. The van der Waals surface area contributed by atoms with Crippen molar-refractivity contribution in [2.75, 3.05) is 89.5 Å². The Balaban J connectivity index is 1.08. The van der Waals surface area contributed by atoms with Gasteiger partial charge in [0.05, 0.1) is 95.9 Å². The lowest BCUT2D eigenvalue weighted by Gasteiger charge is -2.50. The number of ketones is 2. The van der Waals surface area contributed by atoms with Crippen LogP contribution >= 0.6 is 23.5 Å². The van der Waals surface area contributed by atoms with Crippen LogP contribution in [-0.2, 0) is 90.2 Å². The normalized spacial score (nSPS) is 44.9. The van der Waals surface area contributed by atoms with Crippen molar-refractivity contribution in [1.82, 2.24) is 5.32 Å². The van der Waals surface area contributed by atoms with Crippen LogP contribution in [0.1, 0.15) is 32.6 Å². The maximum atomic E-state index is 13.0. The molecule has 14 bridgehead atoms. The number of hydrogen-bond acceptors (Lipinski definition) is 41. The van der Waals surface area contributed by atoms with Crippen molar-refractivity contribution in [2.45, 2.75) is 247 Å². The fourth-order valence-electron chi connectivity index (χ4n) is 13.2. The van der Waals surface area contributed by atoms with E-state index in [-0.39, 0.29) is 62.3 Å². The van der Waals surface area contributed by atoms with Crippen molar-refractivity contribution in [3.63, 3.8) is 0 Å². The Hall–Kier alpha value is -2.42. The molecule has 21 fully saturated rings. The quantitative estimate of drug-likeness (QED) is 0.0340. The number of aliphatic carboxylic acids is 2. The summed E-state index contributed by atoms with van der Waals surface area (Å²) in [6.45, 7) is -3.64. The number of Topliss-reactive ketones (excluding diaryl/α,β-unsaturated/α-hetero) is 2. The first-order valence-corrected chi connectivity index (χ1v) is 35.9. The van der Waals surface area contributed by atoms with Gasteiger partial charge >= 0.3 is 11.9 Å². The van der Waals surface area contributed by atoms with E-state index >= 15 is 0 Å². The van der Waals surface area contributed by atoms with E-state index in [2.05, 4.69) is 5.32 Å². The number of likely N-dealkylation sites (N-methyl/N-ethyl adjacent to an activating group) is 1. The highest BCUT2D eigenvalue weighted by molar-refractivity contribution is 7.99. The lowest BCUT2D eigenvalue weighted by atomic mass is 9.81. The number of aliphatic hydroxyl groups excluding tert-OH is 19. The Bertz CT molecular complexity index is 2610. The molecule has 0 aliphatic carbocycles. The molecule has 21 heterocycles. The lowest BCUT2D eigenvalue weighted by Crippen LogP contribution is -2.68. The topological polar surface area (TPSA) is 644 Å². The SMILES string of the molecule is CN[C@H](CSCC1O[C@H]2O[C@@H]3C(CO)O[C@H](O[C@@H]4C(CO)O[C@H](C[C@@H]5C(CO)O[C@H](O[C@@H]6C(CSC[C@@H](CC(=O)CCOCCOCCC(C)=O)C(=O)O)O[C@H](O[C@@H]7C(CO)O[C@@H](O[C@@H]8C(CO)O[C@@H](O[C@H]1[C@H](O)C2O)C(O)[C@H]8O)C(O)[C@H]7O)C(O)[C@H]6O)C(O)[C@H]5O)C(O)[C@H]4O)C(O)[C@H]3O)C(=O)O. The molecule has 0 radical (unpaired) electrons. The van der Waals surface area contributed by atoms with Crippen molar-refractivity contribution in [3.05, 3.63) is 0 Å². The third kappa shape index (κ3) is 21.0. The van der Waals surface area contributed by atoms with Gasteiger partial charge in [-0.15, -0.1) is 0 Å². The summed E-state index contributed by atoms with van der Waals surface area (Å²) in [5, 5.41) is 240. The van der Waals surface area contributed by atoms with Crippen LogP contribution in [0.5, 0.6) is 0 Å². The van der Waals surface area contributed by atoms with Gasteiger partial charge in [0.2, 0.25) is 0 Å². The molecule has 103 heavy (non-hydrogen) atoms. The van der Waals surface area contributed by atoms with Gasteiger partial charge in [-0.1, -0.05) is 0 Å². The Morgan fingerprint density at radius 2 is 0.709 bits per heavy atom. The summed E-state index contributed by atoms with van der Waals surface area (Å²) in [6.07, 6.45) is -69.6. The molecule has 21 aliphatic heterocycles. The van der Waals surface area contributed by atoms with E-state index in [4.69, 9.17) is 71.1 Å². The molecule has 14 unspecified atom stereocenters. The molecular weight excluding hydrogens is 1440 g/mol. The van der Waals surface area contributed by atoms with Gasteiger partial charge < -0.3 is 184 Å². The molecule has 596 valence electrons. The average Bonchev–Trinajstić information content (AvgIpc) is 0.785. The molecular formula is C60H99NO40S2. The number of hydrogen-bond donors (Lipinski definition) is 22. The number of nitrogens with one attached hydrogen (secondary N) is 1. The fraction of sp³-hybridized carbons (Fsp3) is 0.933. The van der Waals surface area contributed by atoms with Crippen LogP contribution in [0.15, 0.2) is 0 Å². The first kappa shape index (κ1) is 86.2. The van der Waals surface area contributed by atoms with E-state index in [1.807, 2.05) is 0 Å². The van der Waals surface area contributed by atoms with Crippen LogP contribution in [-0.4, -0.2) is 435 Å². The van der Waals surface area contributed by atoms with E-state index < -0.39 is 296 Å². The van der Waals surface area contributed by atoms with Crippen molar-refractivity contribution in [2.24, 2.45) is 11.8 Å². The Kier molecular flexibility index (Phi) is 33.5. The van der Waals surface area contributed by atoms with Crippen molar-refractivity contribution >= 4 is 47.0 Å². The van der Waals surface area contributed by atoms with Gasteiger partial charge in [-0.25, -0.2) is 0 Å². The van der Waals surface area contributed by atoms with E-state index in [1.165, 1.54) is 14.0 Å². The molecule has 0 saturated carbocycles. The second kappa shape index (κ2) is 40.0. The summed E-state index contributed by atoms with van der Waals surface area (Å²) in [6, 6.07) is -1.18. The van der Waals surface area contributed by atoms with Crippen LogP contribution in [0.25, 0.3) is 0 Å². The standard InChI is InChI=1S/C60H99NO40S2/c1-20(67)3-5-87-7-8-88-6-4-22(68)9-21(53(83)84)16-102-18-31-51-39(75)45(81)59(94-31)98-50-30(15-66)92-57(43(79)37(50)73)97-48-28(13-64)93-58(44(80)38(48)74)101-52-32(19-103-17-24(61-2)54(85)86)95-60(46(82)40(52)76)99-49-29(14-65)91-56(42(78)36(49)72)96-47-27(12-63)89-25(34(70)35(47)71)10-23-26(11-62)90-55(100-51)41(77)33(23)69/h21,23-52,55-66,69-82H,3-19H2,1-2H3,(H,83,84)(H,85,86)/t21-,23-,24-,25-,26?,27?,28?,29?,30?,31?,32?,33+,34?,35-,36-,37-,38-,39-,40-,41?,42?,43?,44?,45?,46?,47-,48-,49-,50-,51-,52-,55-,56-,57+,58+,59-,60+/m1/s1. The number of ether oxygens (including phenoxy) is 15. The second-order valence-corrected chi connectivity index (χ2v) is 28.4. The third-order valence-electron chi connectivity index (χ3n) is 19.1. The number of carbonyl (C=O) groups is 4.